The van der Waals surface area contributed by atoms with Gasteiger partial charge in [0.05, 0.1) is 5.56 Å². The van der Waals surface area contributed by atoms with Gasteiger partial charge < -0.3 is 10.4 Å². The molecule has 4 heteroatoms. The van der Waals surface area contributed by atoms with Gasteiger partial charge in [-0.1, -0.05) is 30.3 Å². The second-order valence-electron chi connectivity index (χ2n) is 4.52. The molecule has 2 aromatic carbocycles. The van der Waals surface area contributed by atoms with E-state index in [0.29, 0.717) is 0 Å². The number of rotatable bonds is 6. The Balaban J connectivity index is 1.84. The lowest BCUT2D eigenvalue weighted by atomic mass is 10.1. The van der Waals surface area contributed by atoms with Gasteiger partial charge >= 0.3 is 5.97 Å². The van der Waals surface area contributed by atoms with Crippen LogP contribution in [0.4, 0.5) is 5.69 Å². The Morgan fingerprint density at radius 2 is 1.90 bits per heavy atom. The summed E-state index contributed by atoms with van der Waals surface area (Å²) in [6, 6.07) is 15.4. The van der Waals surface area contributed by atoms with Gasteiger partial charge in [0, 0.05) is 16.7 Å². The number of benzene rings is 2. The van der Waals surface area contributed by atoms with E-state index in [2.05, 4.69) is 33.4 Å². The molecule has 104 valence electrons. The van der Waals surface area contributed by atoms with Crippen LogP contribution < -0.4 is 5.32 Å². The molecule has 0 aromatic heterocycles. The molecule has 0 aliphatic carbocycles. The predicted molar refractivity (Wildman–Crippen MR) is 84.4 cm³/mol. The molecule has 2 N–H and O–H groups in total. The molecule has 2 aromatic rings. The van der Waals surface area contributed by atoms with E-state index in [0.717, 1.165) is 29.5 Å². The van der Waals surface area contributed by atoms with Crippen LogP contribution in [-0.4, -0.2) is 17.6 Å². The van der Waals surface area contributed by atoms with Gasteiger partial charge in [0.2, 0.25) is 0 Å². The summed E-state index contributed by atoms with van der Waals surface area (Å²) in [5, 5.41) is 12.2. The van der Waals surface area contributed by atoms with Crippen LogP contribution >= 0.6 is 15.9 Å². The molecule has 0 aliphatic rings. The molecule has 0 saturated heterocycles. The largest absolute Gasteiger partial charge is 0.478 e. The summed E-state index contributed by atoms with van der Waals surface area (Å²) in [6.45, 7) is 0.847. The summed E-state index contributed by atoms with van der Waals surface area (Å²) in [4.78, 5) is 10.8. The first-order chi connectivity index (χ1) is 9.66. The van der Waals surface area contributed by atoms with Gasteiger partial charge in [0.1, 0.15) is 0 Å². The molecule has 0 bridgehead atoms. The molecule has 0 radical (unpaired) electrons. The number of nitrogens with one attached hydrogen (secondary N) is 1. The van der Waals surface area contributed by atoms with Crippen LogP contribution in [0.15, 0.2) is 53.0 Å². The van der Waals surface area contributed by atoms with Crippen molar-refractivity contribution in [1.29, 1.82) is 0 Å². The molecule has 3 nitrogen and oxygen atoms in total. The zero-order valence-electron chi connectivity index (χ0n) is 11.0. The van der Waals surface area contributed by atoms with Crippen molar-refractivity contribution in [3.63, 3.8) is 0 Å². The molecular formula is C16H16BrNO2. The summed E-state index contributed by atoms with van der Waals surface area (Å²) in [7, 11) is 0. The van der Waals surface area contributed by atoms with E-state index in [1.54, 1.807) is 18.2 Å². The Labute approximate surface area is 126 Å². The molecule has 0 spiro atoms. The van der Waals surface area contributed by atoms with Crippen LogP contribution in [0.5, 0.6) is 0 Å². The van der Waals surface area contributed by atoms with Gasteiger partial charge in [-0.2, -0.15) is 0 Å². The second-order valence-corrected chi connectivity index (χ2v) is 5.37. The average Bonchev–Trinajstić information content (AvgIpc) is 2.46. The summed E-state index contributed by atoms with van der Waals surface area (Å²) in [5.74, 6) is -0.915. The highest BCUT2D eigenvalue weighted by Crippen LogP contribution is 2.23. The molecule has 0 saturated carbocycles. The van der Waals surface area contributed by atoms with Crippen molar-refractivity contribution in [2.24, 2.45) is 0 Å². The van der Waals surface area contributed by atoms with Crippen molar-refractivity contribution in [2.45, 2.75) is 12.8 Å². The van der Waals surface area contributed by atoms with Crippen LogP contribution in [0.3, 0.4) is 0 Å². The molecule has 0 atom stereocenters. The van der Waals surface area contributed by atoms with Gasteiger partial charge in [0.15, 0.2) is 0 Å². The number of hydrogen-bond acceptors (Lipinski definition) is 2. The lowest BCUT2D eigenvalue weighted by Gasteiger charge is -2.09. The SMILES string of the molecule is O=C(O)c1ccc(NCCCc2ccccc2)c(Br)c1. The number of carbonyl (C=O) groups is 1. The summed E-state index contributed by atoms with van der Waals surface area (Å²) < 4.78 is 0.775. The third-order valence-corrected chi connectivity index (χ3v) is 3.67. The van der Waals surface area contributed by atoms with Crippen molar-refractivity contribution in [1.82, 2.24) is 0 Å². The lowest BCUT2D eigenvalue weighted by molar-refractivity contribution is 0.0697. The zero-order chi connectivity index (χ0) is 14.4. The van der Waals surface area contributed by atoms with Crippen LogP contribution in [0.2, 0.25) is 0 Å². The first kappa shape index (κ1) is 14.6. The fraction of sp³-hybridized carbons (Fsp3) is 0.188. The van der Waals surface area contributed by atoms with Crippen LogP contribution in [0.1, 0.15) is 22.3 Å². The molecule has 2 rings (SSSR count). The highest BCUT2D eigenvalue weighted by atomic mass is 79.9. The predicted octanol–water partition coefficient (Wildman–Crippen LogP) is 4.19. The maximum Gasteiger partial charge on any atom is 0.335 e. The normalized spacial score (nSPS) is 10.2. The lowest BCUT2D eigenvalue weighted by Crippen LogP contribution is -2.04. The Hall–Kier alpha value is -1.81. The van der Waals surface area contributed by atoms with E-state index in [4.69, 9.17) is 5.11 Å². The van der Waals surface area contributed by atoms with Crippen molar-refractivity contribution in [2.75, 3.05) is 11.9 Å². The number of aryl methyl sites for hydroxylation is 1. The number of anilines is 1. The number of carboxylic acids is 1. The number of hydrogen-bond donors (Lipinski definition) is 2. The maximum atomic E-state index is 10.8. The minimum absolute atomic E-state index is 0.284. The topological polar surface area (TPSA) is 49.3 Å². The van der Waals surface area contributed by atoms with Crippen molar-refractivity contribution >= 4 is 27.6 Å². The fourth-order valence-electron chi connectivity index (χ4n) is 1.95. The zero-order valence-corrected chi connectivity index (χ0v) is 12.6. The Morgan fingerprint density at radius 3 is 2.55 bits per heavy atom. The first-order valence-corrected chi connectivity index (χ1v) is 7.27. The standard InChI is InChI=1S/C16H16BrNO2/c17-14-11-13(16(19)20)8-9-15(14)18-10-4-7-12-5-2-1-3-6-12/h1-3,5-6,8-9,11,18H,4,7,10H2,(H,19,20). The number of halogens is 1. The van der Waals surface area contributed by atoms with E-state index in [1.165, 1.54) is 5.56 Å². The maximum absolute atomic E-state index is 10.8. The Morgan fingerprint density at radius 1 is 1.15 bits per heavy atom. The molecule has 0 amide bonds. The molecule has 0 fully saturated rings. The Bertz CT molecular complexity index is 584. The number of aromatic carboxylic acids is 1. The van der Waals surface area contributed by atoms with Crippen LogP contribution in [0, 0.1) is 0 Å². The summed E-state index contributed by atoms with van der Waals surface area (Å²) in [6.07, 6.45) is 2.05. The Kier molecular flexibility index (Phi) is 5.18. The highest BCUT2D eigenvalue weighted by molar-refractivity contribution is 9.10. The number of carboxylic acid groups (broad SMARTS) is 1. The average molecular weight is 334 g/mol. The highest BCUT2D eigenvalue weighted by Gasteiger charge is 2.06. The van der Waals surface area contributed by atoms with E-state index in [-0.39, 0.29) is 5.56 Å². The van der Waals surface area contributed by atoms with E-state index in [9.17, 15) is 4.79 Å². The first-order valence-electron chi connectivity index (χ1n) is 6.47. The summed E-state index contributed by atoms with van der Waals surface area (Å²) >= 11 is 3.39. The minimum atomic E-state index is -0.915. The molecule has 0 unspecified atom stereocenters. The third-order valence-electron chi connectivity index (χ3n) is 3.02. The smallest absolute Gasteiger partial charge is 0.335 e. The molecule has 0 heterocycles. The van der Waals surface area contributed by atoms with E-state index in [1.807, 2.05) is 18.2 Å². The van der Waals surface area contributed by atoms with Gasteiger partial charge in [-0.25, -0.2) is 4.79 Å². The third kappa shape index (κ3) is 4.10. The molecular weight excluding hydrogens is 318 g/mol. The van der Waals surface area contributed by atoms with E-state index < -0.39 is 5.97 Å². The monoisotopic (exact) mass is 333 g/mol. The fourth-order valence-corrected chi connectivity index (χ4v) is 2.47. The van der Waals surface area contributed by atoms with Crippen molar-refractivity contribution < 1.29 is 9.90 Å². The van der Waals surface area contributed by atoms with Crippen LogP contribution in [0.25, 0.3) is 0 Å². The minimum Gasteiger partial charge on any atom is -0.478 e. The quantitative estimate of drug-likeness (QED) is 0.779. The van der Waals surface area contributed by atoms with Gasteiger partial charge in [-0.15, -0.1) is 0 Å². The van der Waals surface area contributed by atoms with Gasteiger partial charge in [-0.05, 0) is 52.5 Å². The van der Waals surface area contributed by atoms with E-state index >= 15 is 0 Å². The van der Waals surface area contributed by atoms with Gasteiger partial charge in [0.25, 0.3) is 0 Å². The molecule has 0 aliphatic heterocycles. The van der Waals surface area contributed by atoms with Crippen molar-refractivity contribution in [3.8, 4) is 0 Å². The van der Waals surface area contributed by atoms with Crippen molar-refractivity contribution in [3.05, 3.63) is 64.1 Å². The summed E-state index contributed by atoms with van der Waals surface area (Å²) in [5.41, 5.74) is 2.53. The molecule has 20 heavy (non-hydrogen) atoms. The van der Waals surface area contributed by atoms with Crippen LogP contribution in [-0.2, 0) is 6.42 Å². The second kappa shape index (κ2) is 7.10. The van der Waals surface area contributed by atoms with Gasteiger partial charge in [-0.3, -0.25) is 0 Å².